The fraction of sp³-hybridized carbons (Fsp3) is 0.433. The Morgan fingerprint density at radius 1 is 1.02 bits per heavy atom. The van der Waals surface area contributed by atoms with Crippen molar-refractivity contribution in [1.82, 2.24) is 0 Å². The molecule has 4 aliphatic rings. The largest absolute Gasteiger partial charge is 0.573 e. The number of carbonyl (C=O) groups excluding carboxylic acids is 3. The van der Waals surface area contributed by atoms with Crippen LogP contribution in [0.4, 0.5) is 13.2 Å². The molecule has 2 bridgehead atoms. The van der Waals surface area contributed by atoms with E-state index >= 15 is 0 Å². The van der Waals surface area contributed by atoms with Gasteiger partial charge in [0.25, 0.3) is 0 Å². The predicted molar refractivity (Wildman–Crippen MR) is 135 cm³/mol. The van der Waals surface area contributed by atoms with Gasteiger partial charge in [-0.1, -0.05) is 24.8 Å². The minimum atomic E-state index is -4.98. The van der Waals surface area contributed by atoms with Gasteiger partial charge in [0.2, 0.25) is 0 Å². The predicted octanol–water partition coefficient (Wildman–Crippen LogP) is 5.40. The van der Waals surface area contributed by atoms with Crippen LogP contribution in [-0.4, -0.2) is 42.1 Å². The number of carbonyl (C=O) groups is 3. The van der Waals surface area contributed by atoms with Crippen molar-refractivity contribution in [2.24, 2.45) is 23.7 Å². The molecule has 4 fully saturated rings. The zero-order valence-electron chi connectivity index (χ0n) is 21.8. The fourth-order valence-electron chi connectivity index (χ4n) is 6.80. The highest BCUT2D eigenvalue weighted by molar-refractivity contribution is 5.91. The summed E-state index contributed by atoms with van der Waals surface area (Å²) in [7, 11) is 0. The molecular formula is C30H27F3O8. The third-order valence-electron chi connectivity index (χ3n) is 8.56. The molecule has 0 radical (unpaired) electrons. The Kier molecular flexibility index (Phi) is 6.70. The maximum atomic E-state index is 13.3. The highest BCUT2D eigenvalue weighted by atomic mass is 19.4. The summed E-state index contributed by atoms with van der Waals surface area (Å²) in [6, 6.07) is 11.7. The Morgan fingerprint density at radius 2 is 1.76 bits per heavy atom. The number of benzene rings is 2. The van der Waals surface area contributed by atoms with Crippen molar-refractivity contribution < 1.29 is 51.2 Å². The molecule has 0 amide bonds. The van der Waals surface area contributed by atoms with Crippen LogP contribution in [0.25, 0.3) is 0 Å². The zero-order valence-corrected chi connectivity index (χ0v) is 21.8. The van der Waals surface area contributed by atoms with E-state index in [2.05, 4.69) is 11.3 Å². The van der Waals surface area contributed by atoms with E-state index in [1.165, 1.54) is 0 Å². The summed E-state index contributed by atoms with van der Waals surface area (Å²) >= 11 is 0. The van der Waals surface area contributed by atoms with Gasteiger partial charge in [0.1, 0.15) is 23.6 Å². The lowest BCUT2D eigenvalue weighted by atomic mass is 9.78. The number of fused-ring (bicyclic) bond motifs is 1. The van der Waals surface area contributed by atoms with Crippen LogP contribution in [0.1, 0.15) is 42.5 Å². The molecule has 8 nitrogen and oxygen atoms in total. The van der Waals surface area contributed by atoms with E-state index < -0.39 is 65.6 Å². The normalized spacial score (nSPS) is 29.1. The molecule has 1 heterocycles. The highest BCUT2D eigenvalue weighted by Gasteiger charge is 2.70. The van der Waals surface area contributed by atoms with Gasteiger partial charge in [-0.05, 0) is 68.5 Å². The molecule has 0 N–H and O–H groups in total. The van der Waals surface area contributed by atoms with Gasteiger partial charge in [-0.25, -0.2) is 4.79 Å². The second-order valence-corrected chi connectivity index (χ2v) is 10.9. The van der Waals surface area contributed by atoms with Gasteiger partial charge in [0, 0.05) is 11.8 Å². The molecule has 6 atom stereocenters. The molecule has 3 aliphatic carbocycles. The van der Waals surface area contributed by atoms with E-state index in [0.717, 1.165) is 31.0 Å². The maximum absolute atomic E-state index is 13.3. The van der Waals surface area contributed by atoms with Crippen molar-refractivity contribution in [3.05, 3.63) is 66.7 Å². The second kappa shape index (κ2) is 10.1. The first kappa shape index (κ1) is 27.2. The van der Waals surface area contributed by atoms with Crippen LogP contribution in [0.15, 0.2) is 61.2 Å². The Bertz CT molecular complexity index is 1370. The monoisotopic (exact) mass is 572 g/mol. The molecular weight excluding hydrogens is 545 g/mol. The Hall–Kier alpha value is -4.02. The molecule has 1 aliphatic heterocycles. The SMILES string of the molecule is C=CC1(Oc2cc(C(=O)OC3C4CC5C3OC(=O)C5C4C(=O)Oc3ccccc3)ccc2OC(F)(F)F)CCCC1. The van der Waals surface area contributed by atoms with Gasteiger partial charge in [-0.2, -0.15) is 0 Å². The van der Waals surface area contributed by atoms with Gasteiger partial charge < -0.3 is 23.7 Å². The van der Waals surface area contributed by atoms with E-state index in [1.807, 2.05) is 0 Å². The number of ether oxygens (including phenoxy) is 5. The zero-order chi connectivity index (χ0) is 28.9. The Morgan fingerprint density at radius 3 is 2.44 bits per heavy atom. The summed E-state index contributed by atoms with van der Waals surface area (Å²) in [5, 5.41) is 0. The molecule has 3 saturated carbocycles. The smallest absolute Gasteiger partial charge is 0.479 e. The van der Waals surface area contributed by atoms with Crippen LogP contribution >= 0.6 is 0 Å². The summed E-state index contributed by atoms with van der Waals surface area (Å²) in [4.78, 5) is 39.2. The molecule has 2 aromatic carbocycles. The van der Waals surface area contributed by atoms with Gasteiger partial charge in [0.05, 0.1) is 17.4 Å². The standard InChI is InChI=1S/C30H27F3O8/c1-2-29(12-6-7-13-29)40-21-14-16(10-11-20(21)41-30(31,32)33)26(34)38-24-18-15-19-23(28(36)39-25(19)24)22(18)27(35)37-17-8-4-3-5-9-17/h2-5,8-11,14,18-19,22-25H,1,6-7,12-13,15H2. The second-order valence-electron chi connectivity index (χ2n) is 10.9. The number of esters is 3. The molecule has 2 aromatic rings. The lowest BCUT2D eigenvalue weighted by molar-refractivity contribution is -0.275. The van der Waals surface area contributed by atoms with E-state index in [-0.39, 0.29) is 17.2 Å². The molecule has 1 saturated heterocycles. The van der Waals surface area contributed by atoms with E-state index in [1.54, 1.807) is 36.4 Å². The number of rotatable bonds is 8. The van der Waals surface area contributed by atoms with Crippen LogP contribution in [0.5, 0.6) is 17.2 Å². The number of hydrogen-bond donors (Lipinski definition) is 0. The average molecular weight is 573 g/mol. The number of halogens is 3. The molecule has 11 heteroatoms. The van der Waals surface area contributed by atoms with Gasteiger partial charge in [0.15, 0.2) is 11.5 Å². The minimum Gasteiger partial charge on any atom is -0.479 e. The maximum Gasteiger partial charge on any atom is 0.573 e. The molecule has 41 heavy (non-hydrogen) atoms. The van der Waals surface area contributed by atoms with Crippen molar-refractivity contribution >= 4 is 17.9 Å². The third-order valence-corrected chi connectivity index (χ3v) is 8.56. The number of hydrogen-bond acceptors (Lipinski definition) is 8. The summed E-state index contributed by atoms with van der Waals surface area (Å²) in [5.74, 6) is -4.93. The third kappa shape index (κ3) is 5.02. The quantitative estimate of drug-likeness (QED) is 0.236. The highest BCUT2D eigenvalue weighted by Crippen LogP contribution is 2.59. The molecule has 6 rings (SSSR count). The summed E-state index contributed by atoms with van der Waals surface area (Å²) in [6.45, 7) is 3.78. The van der Waals surface area contributed by atoms with Gasteiger partial charge in [-0.15, -0.1) is 13.2 Å². The van der Waals surface area contributed by atoms with E-state index in [4.69, 9.17) is 18.9 Å². The van der Waals surface area contributed by atoms with Crippen LogP contribution < -0.4 is 14.2 Å². The fourth-order valence-corrected chi connectivity index (χ4v) is 6.80. The molecule has 0 spiro atoms. The number of alkyl halides is 3. The van der Waals surface area contributed by atoms with Crippen LogP contribution in [0.2, 0.25) is 0 Å². The van der Waals surface area contributed by atoms with Crippen LogP contribution in [0, 0.1) is 23.7 Å². The van der Waals surface area contributed by atoms with Crippen molar-refractivity contribution in [2.45, 2.75) is 56.3 Å². The molecule has 0 aromatic heterocycles. The first-order chi connectivity index (χ1) is 19.6. The lowest BCUT2D eigenvalue weighted by Crippen LogP contribution is -2.44. The van der Waals surface area contributed by atoms with Crippen LogP contribution in [0.3, 0.4) is 0 Å². The first-order valence-electron chi connectivity index (χ1n) is 13.5. The first-order valence-corrected chi connectivity index (χ1v) is 13.5. The molecule has 6 unspecified atom stereocenters. The molecule has 216 valence electrons. The Balaban J connectivity index is 1.24. The van der Waals surface area contributed by atoms with Crippen molar-refractivity contribution in [3.63, 3.8) is 0 Å². The summed E-state index contributed by atoms with van der Waals surface area (Å²) < 4.78 is 66.3. The Labute approximate surface area is 233 Å². The van der Waals surface area contributed by atoms with E-state index in [0.29, 0.717) is 25.0 Å². The van der Waals surface area contributed by atoms with E-state index in [9.17, 15) is 27.6 Å². The van der Waals surface area contributed by atoms with Gasteiger partial charge in [-0.3, -0.25) is 9.59 Å². The average Bonchev–Trinajstić information content (AvgIpc) is 3.68. The summed E-state index contributed by atoms with van der Waals surface area (Å²) in [6.07, 6.45) is -1.91. The van der Waals surface area contributed by atoms with Gasteiger partial charge >= 0.3 is 24.3 Å². The minimum absolute atomic E-state index is 0.0845. The van der Waals surface area contributed by atoms with Crippen molar-refractivity contribution in [2.75, 3.05) is 0 Å². The summed E-state index contributed by atoms with van der Waals surface area (Å²) in [5.41, 5.74) is -0.977. The number of para-hydroxylation sites is 1. The lowest BCUT2D eigenvalue weighted by Gasteiger charge is -2.30. The van der Waals surface area contributed by atoms with Crippen molar-refractivity contribution in [3.8, 4) is 17.2 Å². The topological polar surface area (TPSA) is 97.4 Å². The van der Waals surface area contributed by atoms with Crippen LogP contribution in [-0.2, 0) is 19.1 Å². The van der Waals surface area contributed by atoms with Crippen molar-refractivity contribution in [1.29, 1.82) is 0 Å².